The molecule has 0 saturated heterocycles. The van der Waals surface area contributed by atoms with Crippen molar-refractivity contribution in [2.45, 2.75) is 32.9 Å². The van der Waals surface area contributed by atoms with Crippen molar-refractivity contribution in [3.05, 3.63) is 28.2 Å². The van der Waals surface area contributed by atoms with Crippen LogP contribution in [-0.4, -0.2) is 41.9 Å². The molecular weight excluding hydrogens is 244 g/mol. The minimum Gasteiger partial charge on any atom is -0.503 e. The van der Waals surface area contributed by atoms with Crippen LogP contribution in [0.1, 0.15) is 25.5 Å². The summed E-state index contributed by atoms with van der Waals surface area (Å²) in [4.78, 5) is 13.7. The second-order valence-corrected chi connectivity index (χ2v) is 4.79. The molecule has 0 unspecified atom stereocenters. The average molecular weight is 268 g/mol. The second kappa shape index (κ2) is 7.96. The van der Waals surface area contributed by atoms with Crippen LogP contribution in [0.4, 0.5) is 0 Å². The number of rotatable bonds is 8. The Labute approximate surface area is 114 Å². The summed E-state index contributed by atoms with van der Waals surface area (Å²) in [5.41, 5.74) is 0.575. The number of methoxy groups -OCH3 is 1. The smallest absolute Gasteiger partial charge is 0.223 e. The van der Waals surface area contributed by atoms with Crippen molar-refractivity contribution in [2.24, 2.45) is 0 Å². The van der Waals surface area contributed by atoms with Gasteiger partial charge < -0.3 is 19.3 Å². The van der Waals surface area contributed by atoms with Crippen LogP contribution >= 0.6 is 0 Å². The van der Waals surface area contributed by atoms with Gasteiger partial charge in [0.05, 0.1) is 12.8 Å². The largest absolute Gasteiger partial charge is 0.503 e. The predicted molar refractivity (Wildman–Crippen MR) is 75.5 cm³/mol. The molecular formula is C14H24N2O3. The summed E-state index contributed by atoms with van der Waals surface area (Å²) in [5, 5.41) is 9.51. The Morgan fingerprint density at radius 2 is 2.21 bits per heavy atom. The van der Waals surface area contributed by atoms with Crippen LogP contribution < -0.4 is 5.43 Å². The zero-order chi connectivity index (χ0) is 14.3. The molecule has 0 aliphatic carbocycles. The highest BCUT2D eigenvalue weighted by Gasteiger charge is 2.08. The van der Waals surface area contributed by atoms with Gasteiger partial charge in [0.1, 0.15) is 0 Å². The van der Waals surface area contributed by atoms with Gasteiger partial charge in [-0.2, -0.15) is 0 Å². The maximum atomic E-state index is 11.5. The number of unbranched alkanes of at least 4 members (excludes halogenated alkanes) is 1. The molecule has 0 fully saturated rings. The zero-order valence-electron chi connectivity index (χ0n) is 12.1. The third kappa shape index (κ3) is 5.04. The van der Waals surface area contributed by atoms with Gasteiger partial charge in [0.15, 0.2) is 5.75 Å². The van der Waals surface area contributed by atoms with E-state index in [4.69, 9.17) is 4.74 Å². The van der Waals surface area contributed by atoms with E-state index < -0.39 is 0 Å². The molecule has 5 nitrogen and oxygen atoms in total. The van der Waals surface area contributed by atoms with E-state index in [0.29, 0.717) is 19.7 Å². The number of pyridine rings is 1. The van der Waals surface area contributed by atoms with Gasteiger partial charge >= 0.3 is 0 Å². The minimum atomic E-state index is -0.326. The van der Waals surface area contributed by atoms with Gasteiger partial charge in [-0.05, 0) is 20.0 Å². The van der Waals surface area contributed by atoms with E-state index in [0.717, 1.165) is 25.1 Å². The predicted octanol–water partition coefficient (Wildman–Crippen LogP) is 1.43. The molecule has 0 spiro atoms. The standard InChI is InChI=1S/C14H24N2O3/c1-4-5-6-15(2)10-12-9-13(17)14(18)11-16(12)7-8-19-3/h9,11,18H,4-8,10H2,1-3H3. The van der Waals surface area contributed by atoms with Crippen molar-refractivity contribution in [3.63, 3.8) is 0 Å². The SMILES string of the molecule is CCCCN(C)Cc1cc(=O)c(O)cn1CCOC. The van der Waals surface area contributed by atoms with Gasteiger partial charge in [0, 0.05) is 32.0 Å². The zero-order valence-corrected chi connectivity index (χ0v) is 12.1. The van der Waals surface area contributed by atoms with Crippen molar-refractivity contribution in [1.82, 2.24) is 9.47 Å². The number of aromatic hydroxyl groups is 1. The Balaban J connectivity index is 2.84. The van der Waals surface area contributed by atoms with Crippen molar-refractivity contribution in [2.75, 3.05) is 27.3 Å². The first kappa shape index (κ1) is 15.7. The molecule has 0 aliphatic rings. The van der Waals surface area contributed by atoms with E-state index in [1.807, 2.05) is 11.6 Å². The normalized spacial score (nSPS) is 11.2. The fourth-order valence-electron chi connectivity index (χ4n) is 1.92. The molecule has 1 aromatic heterocycles. The van der Waals surface area contributed by atoms with E-state index in [9.17, 15) is 9.90 Å². The number of hydrogen-bond acceptors (Lipinski definition) is 4. The first-order valence-corrected chi connectivity index (χ1v) is 6.68. The molecule has 0 aromatic carbocycles. The van der Waals surface area contributed by atoms with Crippen molar-refractivity contribution >= 4 is 0 Å². The molecule has 1 N–H and O–H groups in total. The first-order chi connectivity index (χ1) is 9.08. The molecule has 0 bridgehead atoms. The summed E-state index contributed by atoms with van der Waals surface area (Å²) >= 11 is 0. The summed E-state index contributed by atoms with van der Waals surface area (Å²) in [7, 11) is 3.67. The van der Waals surface area contributed by atoms with Gasteiger partial charge in [-0.15, -0.1) is 0 Å². The Bertz CT molecular complexity index is 443. The van der Waals surface area contributed by atoms with E-state index >= 15 is 0 Å². The molecule has 0 aliphatic heterocycles. The van der Waals surface area contributed by atoms with Gasteiger partial charge in [-0.25, -0.2) is 0 Å². The average Bonchev–Trinajstić information content (AvgIpc) is 2.38. The Morgan fingerprint density at radius 3 is 2.84 bits per heavy atom. The number of aromatic nitrogens is 1. The van der Waals surface area contributed by atoms with Gasteiger partial charge in [-0.3, -0.25) is 4.79 Å². The third-order valence-electron chi connectivity index (χ3n) is 3.06. The van der Waals surface area contributed by atoms with Crippen LogP contribution in [-0.2, 0) is 17.8 Å². The molecule has 108 valence electrons. The van der Waals surface area contributed by atoms with E-state index in [-0.39, 0.29) is 11.2 Å². The number of hydrogen-bond donors (Lipinski definition) is 1. The molecule has 5 heteroatoms. The molecule has 0 amide bonds. The van der Waals surface area contributed by atoms with Crippen LogP contribution in [0.5, 0.6) is 5.75 Å². The van der Waals surface area contributed by atoms with E-state index in [1.54, 1.807) is 7.11 Å². The van der Waals surface area contributed by atoms with Crippen molar-refractivity contribution in [1.29, 1.82) is 0 Å². The van der Waals surface area contributed by atoms with Crippen molar-refractivity contribution < 1.29 is 9.84 Å². The van der Waals surface area contributed by atoms with Crippen LogP contribution in [0.25, 0.3) is 0 Å². The summed E-state index contributed by atoms with van der Waals surface area (Å²) in [6.45, 7) is 5.02. The van der Waals surface area contributed by atoms with Crippen LogP contribution in [0.3, 0.4) is 0 Å². The van der Waals surface area contributed by atoms with E-state index in [1.165, 1.54) is 12.3 Å². The van der Waals surface area contributed by atoms with Crippen LogP contribution in [0.15, 0.2) is 17.1 Å². The third-order valence-corrected chi connectivity index (χ3v) is 3.06. The molecule has 1 heterocycles. The number of ether oxygens (including phenoxy) is 1. The second-order valence-electron chi connectivity index (χ2n) is 4.79. The Hall–Kier alpha value is -1.33. The van der Waals surface area contributed by atoms with Crippen LogP contribution in [0.2, 0.25) is 0 Å². The maximum Gasteiger partial charge on any atom is 0.223 e. The lowest BCUT2D eigenvalue weighted by atomic mass is 10.2. The fourth-order valence-corrected chi connectivity index (χ4v) is 1.92. The minimum absolute atomic E-state index is 0.212. The van der Waals surface area contributed by atoms with Gasteiger partial charge in [0.25, 0.3) is 0 Å². The molecule has 1 rings (SSSR count). The summed E-state index contributed by atoms with van der Waals surface area (Å²) < 4.78 is 6.92. The number of nitrogens with zero attached hydrogens (tertiary/aromatic N) is 2. The van der Waals surface area contributed by atoms with E-state index in [2.05, 4.69) is 11.8 Å². The maximum absolute atomic E-state index is 11.5. The van der Waals surface area contributed by atoms with Gasteiger partial charge in [0.2, 0.25) is 5.43 Å². The highest BCUT2D eigenvalue weighted by atomic mass is 16.5. The van der Waals surface area contributed by atoms with Crippen molar-refractivity contribution in [3.8, 4) is 5.75 Å². The molecule has 0 saturated carbocycles. The highest BCUT2D eigenvalue weighted by Crippen LogP contribution is 2.08. The molecule has 0 radical (unpaired) electrons. The molecule has 0 atom stereocenters. The quantitative estimate of drug-likeness (QED) is 0.775. The van der Waals surface area contributed by atoms with Gasteiger partial charge in [-0.1, -0.05) is 13.3 Å². The topological polar surface area (TPSA) is 54.7 Å². The monoisotopic (exact) mass is 268 g/mol. The molecule has 19 heavy (non-hydrogen) atoms. The lowest BCUT2D eigenvalue weighted by molar-refractivity contribution is 0.184. The lowest BCUT2D eigenvalue weighted by Crippen LogP contribution is -2.24. The Kier molecular flexibility index (Phi) is 6.59. The summed E-state index contributed by atoms with van der Waals surface area (Å²) in [6, 6.07) is 1.51. The Morgan fingerprint density at radius 1 is 1.47 bits per heavy atom. The fraction of sp³-hybridized carbons (Fsp3) is 0.643. The highest BCUT2D eigenvalue weighted by molar-refractivity contribution is 5.20. The lowest BCUT2D eigenvalue weighted by Gasteiger charge is -2.20. The molecule has 1 aromatic rings. The van der Waals surface area contributed by atoms with Crippen LogP contribution in [0, 0.1) is 0 Å². The first-order valence-electron chi connectivity index (χ1n) is 6.68. The summed E-state index contributed by atoms with van der Waals surface area (Å²) in [5.74, 6) is -0.212. The summed E-state index contributed by atoms with van der Waals surface area (Å²) in [6.07, 6.45) is 3.78.